The molecule has 0 aliphatic heterocycles. The molecule has 0 heterocycles. The molecule has 39 heavy (non-hydrogen) atoms. The summed E-state index contributed by atoms with van der Waals surface area (Å²) in [6, 6.07) is 26.3. The van der Waals surface area contributed by atoms with E-state index in [9.17, 15) is 19.5 Å². The van der Waals surface area contributed by atoms with Gasteiger partial charge in [0.25, 0.3) is 0 Å². The fraction of sp³-hybridized carbons (Fsp3) is 0.194. The average molecular weight is 544 g/mol. The molecular formula is C31H29NO6S. The van der Waals surface area contributed by atoms with Gasteiger partial charge >= 0.3 is 11.9 Å². The van der Waals surface area contributed by atoms with Crippen molar-refractivity contribution in [3.63, 3.8) is 0 Å². The molecule has 0 spiro atoms. The zero-order valence-electron chi connectivity index (χ0n) is 21.3. The van der Waals surface area contributed by atoms with Gasteiger partial charge in [-0.3, -0.25) is 9.59 Å². The van der Waals surface area contributed by atoms with Crippen LogP contribution in [0.2, 0.25) is 0 Å². The minimum Gasteiger partial charge on any atom is -0.494 e. The van der Waals surface area contributed by atoms with Crippen LogP contribution in [-0.2, 0) is 16.0 Å². The van der Waals surface area contributed by atoms with Gasteiger partial charge in [-0.05, 0) is 84.1 Å². The molecule has 0 bridgehead atoms. The number of fused-ring (bicyclic) bond motifs is 1. The normalized spacial score (nSPS) is 10.8. The molecule has 0 unspecified atom stereocenters. The fourth-order valence-electron chi connectivity index (χ4n) is 4.07. The number of amides is 1. The Kier molecular flexibility index (Phi) is 9.58. The third-order valence-corrected chi connectivity index (χ3v) is 7.04. The number of unbranched alkanes of at least 4 members (excludes halogenated alkanes) is 2. The summed E-state index contributed by atoms with van der Waals surface area (Å²) in [5.74, 6) is -1.33. The highest BCUT2D eigenvalue weighted by molar-refractivity contribution is 7.99. The summed E-state index contributed by atoms with van der Waals surface area (Å²) >= 11 is 1.63. The molecule has 0 fully saturated rings. The van der Waals surface area contributed by atoms with E-state index in [2.05, 4.69) is 23.5 Å². The van der Waals surface area contributed by atoms with Crippen molar-refractivity contribution in [1.29, 1.82) is 0 Å². The summed E-state index contributed by atoms with van der Waals surface area (Å²) < 4.78 is 5.83. The zero-order chi connectivity index (χ0) is 27.6. The van der Waals surface area contributed by atoms with Crippen LogP contribution in [0.15, 0.2) is 94.7 Å². The van der Waals surface area contributed by atoms with Gasteiger partial charge in [-0.15, -0.1) is 0 Å². The van der Waals surface area contributed by atoms with Crippen molar-refractivity contribution in [3.8, 4) is 5.75 Å². The quantitative estimate of drug-likeness (QED) is 0.157. The first kappa shape index (κ1) is 27.7. The number of carbonyl (C=O) groups excluding carboxylic acids is 1. The van der Waals surface area contributed by atoms with Crippen LogP contribution in [-0.4, -0.2) is 34.7 Å². The molecule has 0 radical (unpaired) electrons. The largest absolute Gasteiger partial charge is 0.494 e. The minimum absolute atomic E-state index is 0.0571. The smallest absolute Gasteiger partial charge is 0.337 e. The zero-order valence-corrected chi connectivity index (χ0v) is 22.1. The Morgan fingerprint density at radius 2 is 1.49 bits per heavy atom. The van der Waals surface area contributed by atoms with E-state index in [1.807, 2.05) is 42.5 Å². The van der Waals surface area contributed by atoms with Crippen LogP contribution in [0.3, 0.4) is 0 Å². The Bertz CT molecular complexity index is 1470. The second-order valence-corrected chi connectivity index (χ2v) is 10.2. The predicted molar refractivity (Wildman–Crippen MR) is 152 cm³/mol. The molecule has 0 aromatic heterocycles. The molecule has 0 aliphatic carbocycles. The van der Waals surface area contributed by atoms with Gasteiger partial charge in [0.05, 0.1) is 24.3 Å². The third kappa shape index (κ3) is 8.35. The van der Waals surface area contributed by atoms with Crippen LogP contribution in [0.4, 0.5) is 5.69 Å². The van der Waals surface area contributed by atoms with Gasteiger partial charge in [0.15, 0.2) is 0 Å². The highest BCUT2D eigenvalue weighted by atomic mass is 32.2. The first-order valence-electron chi connectivity index (χ1n) is 12.6. The van der Waals surface area contributed by atoms with E-state index in [1.165, 1.54) is 6.07 Å². The number of aromatic carboxylic acids is 1. The highest BCUT2D eigenvalue weighted by Crippen LogP contribution is 2.31. The van der Waals surface area contributed by atoms with Gasteiger partial charge in [-0.1, -0.05) is 48.2 Å². The molecule has 1 amide bonds. The summed E-state index contributed by atoms with van der Waals surface area (Å²) in [6.45, 7) is 0.562. The molecule has 3 N–H and O–H groups in total. The summed E-state index contributed by atoms with van der Waals surface area (Å²) in [5, 5.41) is 22.8. The van der Waals surface area contributed by atoms with E-state index < -0.39 is 11.9 Å². The first-order chi connectivity index (χ1) is 18.9. The summed E-state index contributed by atoms with van der Waals surface area (Å²) in [5.41, 5.74) is 1.17. The van der Waals surface area contributed by atoms with Crippen molar-refractivity contribution < 1.29 is 29.3 Å². The second-order valence-electron chi connectivity index (χ2n) is 9.05. The van der Waals surface area contributed by atoms with Gasteiger partial charge < -0.3 is 20.3 Å². The number of hydrogen-bond donors (Lipinski definition) is 3. The van der Waals surface area contributed by atoms with Gasteiger partial charge in [-0.2, -0.15) is 0 Å². The number of hydrogen-bond acceptors (Lipinski definition) is 5. The Balaban J connectivity index is 1.29. The highest BCUT2D eigenvalue weighted by Gasteiger charge is 2.12. The number of ether oxygens (including phenoxy) is 1. The molecule has 0 atom stereocenters. The molecule has 200 valence electrons. The summed E-state index contributed by atoms with van der Waals surface area (Å²) in [4.78, 5) is 36.5. The van der Waals surface area contributed by atoms with Crippen molar-refractivity contribution in [3.05, 3.63) is 96.1 Å². The lowest BCUT2D eigenvalue weighted by Gasteiger charge is -2.09. The molecule has 4 rings (SSSR count). The van der Waals surface area contributed by atoms with E-state index in [4.69, 9.17) is 9.84 Å². The third-order valence-electron chi connectivity index (χ3n) is 6.04. The molecule has 0 saturated carbocycles. The first-order valence-corrected chi connectivity index (χ1v) is 13.5. The lowest BCUT2D eigenvalue weighted by atomic mass is 10.1. The van der Waals surface area contributed by atoms with E-state index >= 15 is 0 Å². The van der Waals surface area contributed by atoms with Gasteiger partial charge in [-0.25, -0.2) is 4.79 Å². The van der Waals surface area contributed by atoms with Crippen LogP contribution in [0.5, 0.6) is 5.75 Å². The number of aliphatic carboxylic acids is 1. The second kappa shape index (κ2) is 13.5. The predicted octanol–water partition coefficient (Wildman–Crippen LogP) is 6.89. The van der Waals surface area contributed by atoms with E-state index in [0.717, 1.165) is 44.7 Å². The fourth-order valence-corrected chi connectivity index (χ4v) is 4.94. The number of anilines is 1. The van der Waals surface area contributed by atoms with Crippen molar-refractivity contribution in [1.82, 2.24) is 0 Å². The van der Waals surface area contributed by atoms with Crippen molar-refractivity contribution in [2.45, 2.75) is 41.9 Å². The lowest BCUT2D eigenvalue weighted by molar-refractivity contribution is -0.137. The Morgan fingerprint density at radius 1 is 0.769 bits per heavy atom. The average Bonchev–Trinajstić information content (AvgIpc) is 2.91. The maximum Gasteiger partial charge on any atom is 0.337 e. The SMILES string of the molecule is O=C(O)CCCCCOc1ccc2cc(Sc3ccc(CC(=O)Nc4ccccc4C(=O)O)cc3)ccc2c1. The number of benzene rings is 4. The number of para-hydroxylation sites is 1. The summed E-state index contributed by atoms with van der Waals surface area (Å²) in [6.07, 6.45) is 2.66. The Morgan fingerprint density at radius 3 is 2.26 bits per heavy atom. The Labute approximate surface area is 230 Å². The monoisotopic (exact) mass is 543 g/mol. The van der Waals surface area contributed by atoms with Gasteiger partial charge in [0.2, 0.25) is 5.91 Å². The lowest BCUT2D eigenvalue weighted by Crippen LogP contribution is -2.16. The topological polar surface area (TPSA) is 113 Å². The molecule has 0 saturated heterocycles. The Hall–Kier alpha value is -4.30. The van der Waals surface area contributed by atoms with Crippen molar-refractivity contribution in [2.75, 3.05) is 11.9 Å². The molecular weight excluding hydrogens is 514 g/mol. The van der Waals surface area contributed by atoms with Crippen molar-refractivity contribution in [2.24, 2.45) is 0 Å². The number of nitrogens with one attached hydrogen (secondary N) is 1. The van der Waals surface area contributed by atoms with Crippen LogP contribution in [0.25, 0.3) is 10.8 Å². The molecule has 4 aromatic carbocycles. The van der Waals surface area contributed by atoms with Crippen LogP contribution in [0.1, 0.15) is 41.6 Å². The van der Waals surface area contributed by atoms with E-state index in [1.54, 1.807) is 30.0 Å². The van der Waals surface area contributed by atoms with Crippen LogP contribution < -0.4 is 10.1 Å². The number of carboxylic acid groups (broad SMARTS) is 2. The standard InChI is InChI=1S/C31H29NO6S/c33-29(32-28-7-4-3-6-27(28)31(36)37)18-21-9-14-25(15-10-21)39-26-16-12-22-19-24(13-11-23(22)20-26)38-17-5-1-2-8-30(34)35/h3-4,6-7,9-16,19-20H,1-2,5,8,17-18H2,(H,32,33)(H,34,35)(H,36,37). The van der Waals surface area contributed by atoms with Gasteiger partial charge in [0, 0.05) is 16.2 Å². The van der Waals surface area contributed by atoms with Crippen molar-refractivity contribution >= 4 is 46.1 Å². The van der Waals surface area contributed by atoms with Gasteiger partial charge in [0.1, 0.15) is 5.75 Å². The van der Waals surface area contributed by atoms with Crippen LogP contribution in [0, 0.1) is 0 Å². The number of rotatable bonds is 13. The maximum absolute atomic E-state index is 12.5. The number of carboxylic acids is 2. The molecule has 7 nitrogen and oxygen atoms in total. The van der Waals surface area contributed by atoms with E-state index in [0.29, 0.717) is 13.0 Å². The van der Waals surface area contributed by atoms with Crippen LogP contribution >= 0.6 is 11.8 Å². The van der Waals surface area contributed by atoms with E-state index in [-0.39, 0.29) is 30.0 Å². The molecule has 8 heteroatoms. The molecule has 0 aliphatic rings. The minimum atomic E-state index is -1.09. The summed E-state index contributed by atoms with van der Waals surface area (Å²) in [7, 11) is 0. The molecule has 4 aromatic rings. The number of carbonyl (C=O) groups is 3. The maximum atomic E-state index is 12.5.